The molecule has 0 aliphatic carbocycles. The minimum atomic E-state index is -0.0905. The minimum absolute atomic E-state index is 0.0887. The highest BCUT2D eigenvalue weighted by atomic mass is 16.3. The van der Waals surface area contributed by atoms with Gasteiger partial charge in [0.15, 0.2) is 0 Å². The third-order valence-electron chi connectivity index (χ3n) is 2.64. The van der Waals surface area contributed by atoms with Crippen LogP contribution in [0.25, 0.3) is 0 Å². The van der Waals surface area contributed by atoms with Crippen molar-refractivity contribution in [2.24, 2.45) is 0 Å². The van der Waals surface area contributed by atoms with Crippen LogP contribution in [0.5, 0.6) is 0 Å². The molecule has 1 aromatic carbocycles. The molecule has 2 rings (SSSR count). The fourth-order valence-corrected chi connectivity index (χ4v) is 1.68. The van der Waals surface area contributed by atoms with Crippen LogP contribution in [0.1, 0.15) is 17.7 Å². The zero-order valence-electron chi connectivity index (χ0n) is 9.93. The Kier molecular flexibility index (Phi) is 4.15. The van der Waals surface area contributed by atoms with Gasteiger partial charge in [0, 0.05) is 24.1 Å². The number of para-hydroxylation sites is 1. The second-order valence-electron chi connectivity index (χ2n) is 3.94. The van der Waals surface area contributed by atoms with Gasteiger partial charge in [0.2, 0.25) is 5.91 Å². The number of nitrogens with one attached hydrogen (secondary N) is 1. The lowest BCUT2D eigenvalue weighted by Crippen LogP contribution is -2.13. The molecule has 0 aliphatic rings. The maximum atomic E-state index is 11.7. The zero-order chi connectivity index (χ0) is 12.8. The zero-order valence-corrected chi connectivity index (χ0v) is 9.93. The summed E-state index contributed by atoms with van der Waals surface area (Å²) in [4.78, 5) is 11.7. The highest BCUT2D eigenvalue weighted by Crippen LogP contribution is 2.15. The van der Waals surface area contributed by atoms with Crippen LogP contribution in [0.3, 0.4) is 0 Å². The van der Waals surface area contributed by atoms with Crippen LogP contribution >= 0.6 is 0 Å². The van der Waals surface area contributed by atoms with Crippen LogP contribution in [0, 0.1) is 0 Å². The van der Waals surface area contributed by atoms with Crippen LogP contribution < -0.4 is 5.32 Å². The summed E-state index contributed by atoms with van der Waals surface area (Å²) in [5, 5.41) is 11.9. The first-order valence-electron chi connectivity index (χ1n) is 5.80. The number of amides is 1. The van der Waals surface area contributed by atoms with Gasteiger partial charge >= 0.3 is 0 Å². The van der Waals surface area contributed by atoms with Gasteiger partial charge in [-0.2, -0.15) is 0 Å². The molecule has 0 unspecified atom stereocenters. The molecule has 2 N–H and O–H groups in total. The molecule has 1 aromatic heterocycles. The number of aliphatic hydroxyl groups excluding tert-OH is 1. The summed E-state index contributed by atoms with van der Waals surface area (Å²) in [5.41, 5.74) is 1.37. The number of hydrogen-bond donors (Lipinski definition) is 2. The van der Waals surface area contributed by atoms with Crippen molar-refractivity contribution in [2.45, 2.75) is 19.4 Å². The average molecular weight is 245 g/mol. The SMILES string of the molecule is O=C(CCc1ccco1)Nc1ccccc1CO. The Bertz CT molecular complexity index is 506. The molecular formula is C14H15NO3. The van der Waals surface area contributed by atoms with Gasteiger partial charge in [0.25, 0.3) is 0 Å². The van der Waals surface area contributed by atoms with E-state index >= 15 is 0 Å². The normalized spacial score (nSPS) is 10.3. The van der Waals surface area contributed by atoms with Crippen molar-refractivity contribution in [1.82, 2.24) is 0 Å². The third kappa shape index (κ3) is 3.21. The molecule has 94 valence electrons. The Hall–Kier alpha value is -2.07. The summed E-state index contributed by atoms with van der Waals surface area (Å²) < 4.78 is 5.16. The second kappa shape index (κ2) is 6.02. The molecule has 2 aromatic rings. The fraction of sp³-hybridized carbons (Fsp3) is 0.214. The lowest BCUT2D eigenvalue weighted by Gasteiger charge is -2.08. The number of anilines is 1. The van der Waals surface area contributed by atoms with Gasteiger partial charge in [-0.25, -0.2) is 0 Å². The summed E-state index contributed by atoms with van der Waals surface area (Å²) >= 11 is 0. The molecule has 1 amide bonds. The topological polar surface area (TPSA) is 62.5 Å². The average Bonchev–Trinajstić information content (AvgIpc) is 2.90. The third-order valence-corrected chi connectivity index (χ3v) is 2.64. The molecular weight excluding hydrogens is 230 g/mol. The predicted octanol–water partition coefficient (Wildman–Crippen LogP) is 2.34. The first-order chi connectivity index (χ1) is 8.79. The molecule has 0 fully saturated rings. The van der Waals surface area contributed by atoms with Gasteiger partial charge in [-0.1, -0.05) is 18.2 Å². The Balaban J connectivity index is 1.90. The number of carbonyl (C=O) groups is 1. The molecule has 0 bridgehead atoms. The first kappa shape index (κ1) is 12.4. The van der Waals surface area contributed by atoms with Crippen molar-refractivity contribution >= 4 is 11.6 Å². The molecule has 0 atom stereocenters. The molecule has 1 heterocycles. The Morgan fingerprint density at radius 3 is 2.78 bits per heavy atom. The lowest BCUT2D eigenvalue weighted by molar-refractivity contribution is -0.116. The van der Waals surface area contributed by atoms with Gasteiger partial charge in [-0.15, -0.1) is 0 Å². The van der Waals surface area contributed by atoms with Crippen molar-refractivity contribution in [3.8, 4) is 0 Å². The number of aliphatic hydroxyl groups is 1. The van der Waals surface area contributed by atoms with Crippen LogP contribution in [0.4, 0.5) is 5.69 Å². The summed E-state index contributed by atoms with van der Waals surface area (Å²) in [5.74, 6) is 0.702. The van der Waals surface area contributed by atoms with Crippen molar-refractivity contribution in [3.05, 3.63) is 54.0 Å². The van der Waals surface area contributed by atoms with Crippen LogP contribution in [0.15, 0.2) is 47.1 Å². The van der Waals surface area contributed by atoms with Crippen LogP contribution in [-0.4, -0.2) is 11.0 Å². The van der Waals surface area contributed by atoms with E-state index in [9.17, 15) is 4.79 Å². The van der Waals surface area contributed by atoms with Crippen LogP contribution in [-0.2, 0) is 17.8 Å². The first-order valence-corrected chi connectivity index (χ1v) is 5.80. The molecule has 0 saturated heterocycles. The van der Waals surface area contributed by atoms with Gasteiger partial charge in [0.1, 0.15) is 5.76 Å². The van der Waals surface area contributed by atoms with Crippen molar-refractivity contribution in [3.63, 3.8) is 0 Å². The Morgan fingerprint density at radius 1 is 1.22 bits per heavy atom. The summed E-state index contributed by atoms with van der Waals surface area (Å²) in [6.45, 7) is -0.0887. The molecule has 18 heavy (non-hydrogen) atoms. The fourth-order valence-electron chi connectivity index (χ4n) is 1.68. The summed E-state index contributed by atoms with van der Waals surface area (Å²) in [6, 6.07) is 10.8. The number of hydrogen-bond acceptors (Lipinski definition) is 3. The van der Waals surface area contributed by atoms with E-state index in [0.717, 1.165) is 5.76 Å². The van der Waals surface area contributed by atoms with Crippen LogP contribution in [0.2, 0.25) is 0 Å². The molecule has 4 heteroatoms. The van der Waals surface area contributed by atoms with Crippen molar-refractivity contribution in [1.29, 1.82) is 0 Å². The number of furan rings is 1. The number of benzene rings is 1. The van der Waals surface area contributed by atoms with Crippen molar-refractivity contribution < 1.29 is 14.3 Å². The maximum absolute atomic E-state index is 11.7. The van der Waals surface area contributed by atoms with E-state index in [1.54, 1.807) is 24.5 Å². The minimum Gasteiger partial charge on any atom is -0.469 e. The molecule has 0 aliphatic heterocycles. The second-order valence-corrected chi connectivity index (χ2v) is 3.94. The van der Waals surface area contributed by atoms with E-state index in [-0.39, 0.29) is 12.5 Å². The van der Waals surface area contributed by atoms with Gasteiger partial charge in [-0.3, -0.25) is 4.79 Å². The van der Waals surface area contributed by atoms with E-state index in [4.69, 9.17) is 9.52 Å². The van der Waals surface area contributed by atoms with E-state index in [1.165, 1.54) is 0 Å². The van der Waals surface area contributed by atoms with Gasteiger partial charge in [0.05, 0.1) is 12.9 Å². The predicted molar refractivity (Wildman–Crippen MR) is 68.0 cm³/mol. The highest BCUT2D eigenvalue weighted by Gasteiger charge is 2.07. The highest BCUT2D eigenvalue weighted by molar-refractivity contribution is 5.91. The smallest absolute Gasteiger partial charge is 0.224 e. The molecule has 4 nitrogen and oxygen atoms in total. The van der Waals surface area contributed by atoms with Gasteiger partial charge < -0.3 is 14.8 Å². The van der Waals surface area contributed by atoms with E-state index in [0.29, 0.717) is 24.1 Å². The van der Waals surface area contributed by atoms with E-state index in [1.807, 2.05) is 18.2 Å². The monoisotopic (exact) mass is 245 g/mol. The molecule has 0 radical (unpaired) electrons. The lowest BCUT2D eigenvalue weighted by atomic mass is 10.1. The number of rotatable bonds is 5. The number of aryl methyl sites for hydroxylation is 1. The van der Waals surface area contributed by atoms with E-state index < -0.39 is 0 Å². The standard InChI is InChI=1S/C14H15NO3/c16-10-11-4-1-2-6-13(11)15-14(17)8-7-12-5-3-9-18-12/h1-6,9,16H,7-8,10H2,(H,15,17). The number of carbonyl (C=O) groups excluding carboxylic acids is 1. The Labute approximate surface area is 105 Å². The van der Waals surface area contributed by atoms with Crippen molar-refractivity contribution in [2.75, 3.05) is 5.32 Å². The van der Waals surface area contributed by atoms with Gasteiger partial charge in [-0.05, 0) is 18.2 Å². The summed E-state index contributed by atoms with van der Waals surface area (Å²) in [6.07, 6.45) is 2.52. The Morgan fingerprint density at radius 2 is 2.06 bits per heavy atom. The molecule has 0 spiro atoms. The maximum Gasteiger partial charge on any atom is 0.224 e. The van der Waals surface area contributed by atoms with E-state index in [2.05, 4.69) is 5.32 Å². The summed E-state index contributed by atoms with van der Waals surface area (Å²) in [7, 11) is 0. The largest absolute Gasteiger partial charge is 0.469 e. The molecule has 0 saturated carbocycles. The quantitative estimate of drug-likeness (QED) is 0.849.